The van der Waals surface area contributed by atoms with E-state index >= 15 is 0 Å². The third-order valence-corrected chi connectivity index (χ3v) is 2.65. The topological polar surface area (TPSA) is 56.5 Å². The van der Waals surface area contributed by atoms with Gasteiger partial charge in [0, 0.05) is 6.20 Å². The number of fused-ring (bicyclic) bond motifs is 1. The van der Waals surface area contributed by atoms with Crippen LogP contribution < -0.4 is 0 Å². The molecule has 0 spiro atoms. The molecular formula is C11H8ClN5. The van der Waals surface area contributed by atoms with Gasteiger partial charge in [-0.1, -0.05) is 17.3 Å². The average Bonchev–Trinajstić information content (AvgIpc) is 2.82. The Morgan fingerprint density at radius 2 is 2.06 bits per heavy atom. The van der Waals surface area contributed by atoms with Gasteiger partial charge in [-0.05, 0) is 12.1 Å². The van der Waals surface area contributed by atoms with E-state index in [0.29, 0.717) is 17.4 Å². The molecule has 84 valence electrons. The zero-order chi connectivity index (χ0) is 11.7. The number of para-hydroxylation sites is 1. The van der Waals surface area contributed by atoms with Crippen molar-refractivity contribution in [1.29, 1.82) is 0 Å². The van der Waals surface area contributed by atoms with E-state index < -0.39 is 0 Å². The second-order valence-corrected chi connectivity index (χ2v) is 3.76. The van der Waals surface area contributed by atoms with Crippen molar-refractivity contribution in [3.63, 3.8) is 0 Å². The van der Waals surface area contributed by atoms with Crippen LogP contribution in [-0.2, 0) is 5.88 Å². The molecule has 0 amide bonds. The summed E-state index contributed by atoms with van der Waals surface area (Å²) < 4.78 is 1.65. The quantitative estimate of drug-likeness (QED) is 0.648. The van der Waals surface area contributed by atoms with Crippen LogP contribution in [0.1, 0.15) is 5.69 Å². The first-order chi connectivity index (χ1) is 8.38. The molecule has 0 fully saturated rings. The van der Waals surface area contributed by atoms with E-state index in [1.165, 1.54) is 0 Å². The number of hydrogen-bond acceptors (Lipinski definition) is 4. The van der Waals surface area contributed by atoms with Gasteiger partial charge in [-0.25, -0.2) is 4.98 Å². The summed E-state index contributed by atoms with van der Waals surface area (Å²) in [4.78, 5) is 8.43. The van der Waals surface area contributed by atoms with Crippen molar-refractivity contribution in [3.8, 4) is 5.82 Å². The Labute approximate surface area is 102 Å². The maximum absolute atomic E-state index is 5.73. The molecular weight excluding hydrogens is 238 g/mol. The Balaban J connectivity index is 2.20. The molecule has 0 saturated carbocycles. The van der Waals surface area contributed by atoms with E-state index in [9.17, 15) is 0 Å². The van der Waals surface area contributed by atoms with Crippen molar-refractivity contribution >= 4 is 22.6 Å². The average molecular weight is 246 g/mol. The first-order valence-electron chi connectivity index (χ1n) is 5.06. The number of benzene rings is 1. The second kappa shape index (κ2) is 4.10. The third-order valence-electron chi connectivity index (χ3n) is 2.38. The summed E-state index contributed by atoms with van der Waals surface area (Å²) >= 11 is 5.73. The lowest BCUT2D eigenvalue weighted by Gasteiger charge is -2.01. The van der Waals surface area contributed by atoms with Crippen LogP contribution >= 0.6 is 11.6 Å². The highest BCUT2D eigenvalue weighted by molar-refractivity contribution is 6.16. The lowest BCUT2D eigenvalue weighted by Crippen LogP contribution is -2.02. The van der Waals surface area contributed by atoms with Crippen LogP contribution in [0.4, 0.5) is 0 Å². The summed E-state index contributed by atoms with van der Waals surface area (Å²) in [5.41, 5.74) is 2.43. The van der Waals surface area contributed by atoms with Crippen LogP contribution in [0.3, 0.4) is 0 Å². The zero-order valence-corrected chi connectivity index (χ0v) is 9.54. The van der Waals surface area contributed by atoms with Crippen molar-refractivity contribution in [2.45, 2.75) is 5.88 Å². The molecule has 5 nitrogen and oxygen atoms in total. The summed E-state index contributed by atoms with van der Waals surface area (Å²) in [5.74, 6) is 0.949. The Bertz CT molecular complexity index is 664. The largest absolute Gasteiger partial charge is 0.259 e. The van der Waals surface area contributed by atoms with Crippen LogP contribution in [0.2, 0.25) is 0 Å². The molecule has 0 aliphatic heterocycles. The molecule has 0 bridgehead atoms. The molecule has 6 heteroatoms. The van der Waals surface area contributed by atoms with Crippen LogP contribution in [-0.4, -0.2) is 25.0 Å². The summed E-state index contributed by atoms with van der Waals surface area (Å²) in [6.07, 6.45) is 3.27. The lowest BCUT2D eigenvalue weighted by molar-refractivity contribution is 0.790. The van der Waals surface area contributed by atoms with E-state index in [1.54, 1.807) is 17.1 Å². The molecule has 1 aromatic carbocycles. The maximum atomic E-state index is 5.73. The minimum Gasteiger partial charge on any atom is -0.259 e. The van der Waals surface area contributed by atoms with E-state index in [1.807, 2.05) is 24.3 Å². The van der Waals surface area contributed by atoms with Crippen LogP contribution in [0.5, 0.6) is 0 Å². The number of rotatable bonds is 2. The minimum atomic E-state index is 0.327. The maximum Gasteiger partial charge on any atom is 0.174 e. The summed E-state index contributed by atoms with van der Waals surface area (Å²) in [5, 5.41) is 8.12. The highest BCUT2D eigenvalue weighted by Crippen LogP contribution is 2.14. The summed E-state index contributed by atoms with van der Waals surface area (Å²) in [7, 11) is 0. The predicted octanol–water partition coefficient (Wildman–Crippen LogP) is 1.95. The van der Waals surface area contributed by atoms with Crippen LogP contribution in [0.15, 0.2) is 36.7 Å². The smallest absolute Gasteiger partial charge is 0.174 e. The Morgan fingerprint density at radius 1 is 1.18 bits per heavy atom. The number of aromatic nitrogens is 5. The Hall–Kier alpha value is -2.01. The monoisotopic (exact) mass is 245 g/mol. The summed E-state index contributed by atoms with van der Waals surface area (Å²) in [6.45, 7) is 0. The predicted molar refractivity (Wildman–Crippen MR) is 64.0 cm³/mol. The number of alkyl halides is 1. The van der Waals surface area contributed by atoms with Gasteiger partial charge < -0.3 is 0 Å². The fraction of sp³-hybridized carbons (Fsp3) is 0.0909. The van der Waals surface area contributed by atoms with Crippen molar-refractivity contribution in [2.24, 2.45) is 0 Å². The number of nitrogens with zero attached hydrogens (tertiary/aromatic N) is 5. The third kappa shape index (κ3) is 1.74. The molecule has 17 heavy (non-hydrogen) atoms. The molecule has 3 aromatic rings. The highest BCUT2D eigenvalue weighted by Gasteiger charge is 2.07. The van der Waals surface area contributed by atoms with E-state index in [4.69, 9.17) is 11.6 Å². The van der Waals surface area contributed by atoms with Gasteiger partial charge in [0.2, 0.25) is 0 Å². The van der Waals surface area contributed by atoms with Gasteiger partial charge in [0.05, 0.1) is 23.3 Å². The highest BCUT2D eigenvalue weighted by atomic mass is 35.5. The molecule has 2 heterocycles. The lowest BCUT2D eigenvalue weighted by atomic mass is 10.3. The van der Waals surface area contributed by atoms with Crippen molar-refractivity contribution in [3.05, 3.63) is 42.4 Å². The molecule has 0 radical (unpaired) electrons. The van der Waals surface area contributed by atoms with E-state index in [-0.39, 0.29) is 0 Å². The molecule has 2 aromatic heterocycles. The summed E-state index contributed by atoms with van der Waals surface area (Å²) in [6, 6.07) is 7.69. The van der Waals surface area contributed by atoms with Gasteiger partial charge in [-0.15, -0.1) is 16.7 Å². The molecule has 0 N–H and O–H groups in total. The fourth-order valence-corrected chi connectivity index (χ4v) is 1.73. The minimum absolute atomic E-state index is 0.327. The standard InChI is InChI=1S/C11H8ClN5/c12-5-8-6-13-7-11(14-8)17-10-4-2-1-3-9(10)15-16-17/h1-4,6-7H,5H2. The van der Waals surface area contributed by atoms with E-state index in [0.717, 1.165) is 11.0 Å². The molecule has 0 aliphatic carbocycles. The van der Waals surface area contributed by atoms with E-state index in [2.05, 4.69) is 20.3 Å². The first kappa shape index (κ1) is 10.2. The van der Waals surface area contributed by atoms with Crippen LogP contribution in [0.25, 0.3) is 16.9 Å². The molecule has 0 saturated heterocycles. The van der Waals surface area contributed by atoms with Gasteiger partial charge in [-0.3, -0.25) is 4.98 Å². The normalized spacial score (nSPS) is 10.9. The van der Waals surface area contributed by atoms with Crippen molar-refractivity contribution in [1.82, 2.24) is 25.0 Å². The SMILES string of the molecule is ClCc1cncc(-n2nnc3ccccc32)n1. The van der Waals surface area contributed by atoms with Gasteiger partial charge in [0.25, 0.3) is 0 Å². The molecule has 0 atom stereocenters. The van der Waals surface area contributed by atoms with Gasteiger partial charge in [-0.2, -0.15) is 4.68 Å². The van der Waals surface area contributed by atoms with Crippen LogP contribution in [0, 0.1) is 0 Å². The molecule has 3 rings (SSSR count). The van der Waals surface area contributed by atoms with Crippen molar-refractivity contribution < 1.29 is 0 Å². The van der Waals surface area contributed by atoms with Crippen molar-refractivity contribution in [2.75, 3.05) is 0 Å². The first-order valence-corrected chi connectivity index (χ1v) is 5.59. The number of hydrogen-bond donors (Lipinski definition) is 0. The van der Waals surface area contributed by atoms with Gasteiger partial charge in [0.1, 0.15) is 5.52 Å². The second-order valence-electron chi connectivity index (χ2n) is 3.49. The zero-order valence-electron chi connectivity index (χ0n) is 8.79. The fourth-order valence-electron chi connectivity index (χ4n) is 1.60. The molecule has 0 aliphatic rings. The Morgan fingerprint density at radius 3 is 2.94 bits per heavy atom. The number of halogens is 1. The van der Waals surface area contributed by atoms with Gasteiger partial charge >= 0.3 is 0 Å². The molecule has 0 unspecified atom stereocenters. The van der Waals surface area contributed by atoms with Gasteiger partial charge in [0.15, 0.2) is 5.82 Å². The Kier molecular flexibility index (Phi) is 2.45.